The quantitative estimate of drug-likeness (QED) is 0.829. The van der Waals surface area contributed by atoms with E-state index in [4.69, 9.17) is 0 Å². The van der Waals surface area contributed by atoms with Gasteiger partial charge in [0.05, 0.1) is 18.7 Å². The number of carbonyl (C=O) groups is 2. The molecule has 0 bridgehead atoms. The Labute approximate surface area is 157 Å². The smallest absolute Gasteiger partial charge is 0.244 e. The summed E-state index contributed by atoms with van der Waals surface area (Å²) < 4.78 is 13.3. The summed E-state index contributed by atoms with van der Waals surface area (Å²) in [6, 6.07) is 9.32. The average molecular weight is 370 g/mol. The molecule has 2 heterocycles. The lowest BCUT2D eigenvalue weighted by Crippen LogP contribution is -2.59. The minimum atomic E-state index is -0.573. The van der Waals surface area contributed by atoms with Gasteiger partial charge in [-0.15, -0.1) is 0 Å². The maximum atomic E-state index is 13.3. The van der Waals surface area contributed by atoms with Crippen molar-refractivity contribution in [2.45, 2.75) is 25.9 Å². The topological polar surface area (TPSA) is 74.3 Å². The SMILES string of the molecule is Cc1cc(F)ccc1CC(=O)N1CCNC[C@H]1C(=O)NCc1ccccn1. The molecule has 2 amide bonds. The van der Waals surface area contributed by atoms with Gasteiger partial charge in [0.2, 0.25) is 11.8 Å². The highest BCUT2D eigenvalue weighted by molar-refractivity contribution is 5.89. The fourth-order valence-electron chi connectivity index (χ4n) is 3.16. The van der Waals surface area contributed by atoms with E-state index in [1.165, 1.54) is 12.1 Å². The third-order valence-electron chi connectivity index (χ3n) is 4.68. The third-order valence-corrected chi connectivity index (χ3v) is 4.68. The largest absolute Gasteiger partial charge is 0.349 e. The van der Waals surface area contributed by atoms with Crippen LogP contribution in [0.25, 0.3) is 0 Å². The molecule has 1 aliphatic heterocycles. The standard InChI is InChI=1S/C20H23FN4O2/c1-14-10-16(21)6-5-15(14)11-19(26)25-9-8-22-13-18(25)20(27)24-12-17-4-2-3-7-23-17/h2-7,10,18,22H,8-9,11-13H2,1H3,(H,24,27)/t18-/m0/s1. The van der Waals surface area contributed by atoms with Crippen LogP contribution in [0.2, 0.25) is 0 Å². The van der Waals surface area contributed by atoms with Gasteiger partial charge in [0.25, 0.3) is 0 Å². The lowest BCUT2D eigenvalue weighted by atomic mass is 10.0. The molecular weight excluding hydrogens is 347 g/mol. The molecule has 1 aliphatic rings. The second-order valence-corrected chi connectivity index (χ2v) is 6.59. The molecule has 6 nitrogen and oxygen atoms in total. The van der Waals surface area contributed by atoms with E-state index in [9.17, 15) is 14.0 Å². The van der Waals surface area contributed by atoms with Gasteiger partial charge < -0.3 is 15.5 Å². The van der Waals surface area contributed by atoms with Crippen molar-refractivity contribution in [3.05, 3.63) is 65.2 Å². The normalized spacial score (nSPS) is 16.8. The molecule has 1 saturated heterocycles. The van der Waals surface area contributed by atoms with Crippen molar-refractivity contribution in [2.24, 2.45) is 0 Å². The van der Waals surface area contributed by atoms with Crippen LogP contribution < -0.4 is 10.6 Å². The van der Waals surface area contributed by atoms with Crippen LogP contribution in [-0.4, -0.2) is 47.4 Å². The van der Waals surface area contributed by atoms with Crippen molar-refractivity contribution in [3.63, 3.8) is 0 Å². The van der Waals surface area contributed by atoms with Crippen molar-refractivity contribution < 1.29 is 14.0 Å². The minimum absolute atomic E-state index is 0.135. The summed E-state index contributed by atoms with van der Waals surface area (Å²) in [6.45, 7) is 3.59. The fraction of sp³-hybridized carbons (Fsp3) is 0.350. The van der Waals surface area contributed by atoms with E-state index in [2.05, 4.69) is 15.6 Å². The second kappa shape index (κ2) is 8.73. The maximum Gasteiger partial charge on any atom is 0.244 e. The first-order chi connectivity index (χ1) is 13.0. The fourth-order valence-corrected chi connectivity index (χ4v) is 3.16. The van der Waals surface area contributed by atoms with E-state index in [0.29, 0.717) is 26.2 Å². The molecule has 142 valence electrons. The van der Waals surface area contributed by atoms with Crippen LogP contribution in [0, 0.1) is 12.7 Å². The molecule has 27 heavy (non-hydrogen) atoms. The molecule has 0 aliphatic carbocycles. The number of carbonyl (C=O) groups excluding carboxylic acids is 2. The average Bonchev–Trinajstić information content (AvgIpc) is 2.69. The summed E-state index contributed by atoms with van der Waals surface area (Å²) in [4.78, 5) is 31.2. The highest BCUT2D eigenvalue weighted by Gasteiger charge is 2.32. The number of hydrogen-bond donors (Lipinski definition) is 2. The van der Waals surface area contributed by atoms with Gasteiger partial charge in [-0.1, -0.05) is 12.1 Å². The van der Waals surface area contributed by atoms with E-state index in [0.717, 1.165) is 16.8 Å². The summed E-state index contributed by atoms with van der Waals surface area (Å²) in [5.41, 5.74) is 2.26. The first kappa shape index (κ1) is 19.0. The second-order valence-electron chi connectivity index (χ2n) is 6.59. The molecule has 3 rings (SSSR count). The van der Waals surface area contributed by atoms with Crippen LogP contribution in [-0.2, 0) is 22.6 Å². The predicted octanol–water partition coefficient (Wildman–Crippen LogP) is 1.19. The molecule has 0 saturated carbocycles. The lowest BCUT2D eigenvalue weighted by molar-refractivity contribution is -0.141. The highest BCUT2D eigenvalue weighted by Crippen LogP contribution is 2.14. The lowest BCUT2D eigenvalue weighted by Gasteiger charge is -2.35. The minimum Gasteiger partial charge on any atom is -0.349 e. The van der Waals surface area contributed by atoms with Crippen molar-refractivity contribution in [3.8, 4) is 0 Å². The monoisotopic (exact) mass is 370 g/mol. The predicted molar refractivity (Wildman–Crippen MR) is 99.3 cm³/mol. The Bertz CT molecular complexity index is 813. The van der Waals surface area contributed by atoms with E-state index >= 15 is 0 Å². The number of hydrogen-bond acceptors (Lipinski definition) is 4. The summed E-state index contributed by atoms with van der Waals surface area (Å²) in [7, 11) is 0. The third kappa shape index (κ3) is 4.89. The Hall–Kier alpha value is -2.80. The van der Waals surface area contributed by atoms with Crippen LogP contribution >= 0.6 is 0 Å². The summed E-state index contributed by atoms with van der Waals surface area (Å²) in [6.07, 6.45) is 1.82. The van der Waals surface area contributed by atoms with Crippen LogP contribution in [0.5, 0.6) is 0 Å². The molecule has 1 aromatic carbocycles. The van der Waals surface area contributed by atoms with Gasteiger partial charge in [-0.25, -0.2) is 4.39 Å². The molecule has 1 aromatic heterocycles. The van der Waals surface area contributed by atoms with Gasteiger partial charge in [-0.2, -0.15) is 0 Å². The van der Waals surface area contributed by atoms with Gasteiger partial charge in [0, 0.05) is 25.8 Å². The molecule has 2 aromatic rings. The van der Waals surface area contributed by atoms with Gasteiger partial charge >= 0.3 is 0 Å². The van der Waals surface area contributed by atoms with Crippen LogP contribution in [0.3, 0.4) is 0 Å². The molecule has 0 spiro atoms. The van der Waals surface area contributed by atoms with E-state index in [1.54, 1.807) is 24.1 Å². The number of halogens is 1. The summed E-state index contributed by atoms with van der Waals surface area (Å²) >= 11 is 0. The zero-order valence-electron chi connectivity index (χ0n) is 15.2. The van der Waals surface area contributed by atoms with Crippen LogP contribution in [0.15, 0.2) is 42.6 Å². The van der Waals surface area contributed by atoms with Crippen molar-refractivity contribution in [1.82, 2.24) is 20.5 Å². The Kier molecular flexibility index (Phi) is 6.13. The Morgan fingerprint density at radius 1 is 1.33 bits per heavy atom. The maximum absolute atomic E-state index is 13.3. The zero-order valence-corrected chi connectivity index (χ0v) is 15.2. The number of aromatic nitrogens is 1. The Morgan fingerprint density at radius 3 is 2.93 bits per heavy atom. The number of benzene rings is 1. The molecule has 1 fully saturated rings. The number of nitrogens with one attached hydrogen (secondary N) is 2. The van der Waals surface area contributed by atoms with Crippen molar-refractivity contribution in [1.29, 1.82) is 0 Å². The van der Waals surface area contributed by atoms with E-state index in [1.807, 2.05) is 18.2 Å². The van der Waals surface area contributed by atoms with Crippen molar-refractivity contribution in [2.75, 3.05) is 19.6 Å². The molecule has 1 atom stereocenters. The number of rotatable bonds is 5. The molecule has 2 N–H and O–H groups in total. The zero-order chi connectivity index (χ0) is 19.2. The van der Waals surface area contributed by atoms with Gasteiger partial charge in [-0.3, -0.25) is 14.6 Å². The van der Waals surface area contributed by atoms with Crippen LogP contribution in [0.1, 0.15) is 16.8 Å². The van der Waals surface area contributed by atoms with Gasteiger partial charge in [0.1, 0.15) is 11.9 Å². The molecule has 0 radical (unpaired) electrons. The number of aryl methyl sites for hydroxylation is 1. The highest BCUT2D eigenvalue weighted by atomic mass is 19.1. The first-order valence-electron chi connectivity index (χ1n) is 8.97. The van der Waals surface area contributed by atoms with Crippen molar-refractivity contribution >= 4 is 11.8 Å². The molecule has 0 unspecified atom stereocenters. The number of pyridine rings is 1. The number of nitrogens with zero attached hydrogens (tertiary/aromatic N) is 2. The molecular formula is C20H23FN4O2. The first-order valence-corrected chi connectivity index (χ1v) is 8.97. The summed E-state index contributed by atoms with van der Waals surface area (Å²) in [5.74, 6) is -0.668. The molecule has 7 heteroatoms. The van der Waals surface area contributed by atoms with Gasteiger partial charge in [-0.05, 0) is 42.3 Å². The Morgan fingerprint density at radius 2 is 2.19 bits per heavy atom. The van der Waals surface area contributed by atoms with Gasteiger partial charge in [0.15, 0.2) is 0 Å². The summed E-state index contributed by atoms with van der Waals surface area (Å²) in [5, 5.41) is 6.01. The van der Waals surface area contributed by atoms with Crippen LogP contribution in [0.4, 0.5) is 4.39 Å². The number of amides is 2. The Balaban J connectivity index is 1.65. The van der Waals surface area contributed by atoms with E-state index in [-0.39, 0.29) is 24.1 Å². The van der Waals surface area contributed by atoms with E-state index < -0.39 is 6.04 Å². The number of piperazine rings is 1.